The number of halogens is 2. The van der Waals surface area contributed by atoms with Crippen molar-refractivity contribution in [2.75, 3.05) is 0 Å². The SMILES string of the molecule is O=C1CC(C(Cl)Cl)C(O)O1. The van der Waals surface area contributed by atoms with Crippen molar-refractivity contribution in [3.05, 3.63) is 0 Å². The summed E-state index contributed by atoms with van der Waals surface area (Å²) in [6.07, 6.45) is -1.04. The molecule has 2 atom stereocenters. The molecule has 0 spiro atoms. The lowest BCUT2D eigenvalue weighted by Gasteiger charge is -2.10. The number of carbonyl (C=O) groups is 1. The third-order valence-electron chi connectivity index (χ3n) is 1.34. The van der Waals surface area contributed by atoms with Gasteiger partial charge in [-0.3, -0.25) is 4.79 Å². The van der Waals surface area contributed by atoms with Gasteiger partial charge in [-0.05, 0) is 0 Å². The molecule has 1 fully saturated rings. The van der Waals surface area contributed by atoms with Gasteiger partial charge in [0.15, 0.2) is 0 Å². The van der Waals surface area contributed by atoms with Crippen molar-refractivity contribution >= 4 is 29.2 Å². The molecule has 0 saturated carbocycles. The van der Waals surface area contributed by atoms with E-state index >= 15 is 0 Å². The number of hydrogen-bond acceptors (Lipinski definition) is 3. The van der Waals surface area contributed by atoms with E-state index in [1.165, 1.54) is 0 Å². The Hall–Kier alpha value is 0.01000. The van der Waals surface area contributed by atoms with Crippen LogP contribution in [0.1, 0.15) is 6.42 Å². The van der Waals surface area contributed by atoms with Crippen molar-refractivity contribution in [1.82, 2.24) is 0 Å². The third kappa shape index (κ3) is 1.54. The highest BCUT2D eigenvalue weighted by molar-refractivity contribution is 6.44. The second-order valence-corrected chi connectivity index (χ2v) is 3.25. The number of aliphatic hydroxyl groups excluding tert-OH is 1. The molecule has 0 aliphatic carbocycles. The van der Waals surface area contributed by atoms with E-state index in [9.17, 15) is 4.79 Å². The number of aliphatic hydroxyl groups is 1. The quantitative estimate of drug-likeness (QED) is 0.482. The molecule has 0 aromatic carbocycles. The number of alkyl halides is 2. The van der Waals surface area contributed by atoms with Gasteiger partial charge in [-0.1, -0.05) is 0 Å². The minimum absolute atomic E-state index is 0.0961. The van der Waals surface area contributed by atoms with Crippen LogP contribution in [0.25, 0.3) is 0 Å². The summed E-state index contributed by atoms with van der Waals surface area (Å²) in [5.74, 6) is -0.931. The zero-order valence-corrected chi connectivity index (χ0v) is 6.47. The fourth-order valence-electron chi connectivity index (χ4n) is 0.777. The first kappa shape index (κ1) is 8.11. The number of ether oxygens (including phenoxy) is 1. The summed E-state index contributed by atoms with van der Waals surface area (Å²) < 4.78 is 4.38. The molecule has 1 aliphatic heterocycles. The van der Waals surface area contributed by atoms with Crippen molar-refractivity contribution in [3.8, 4) is 0 Å². The molecule has 0 bridgehead atoms. The maximum absolute atomic E-state index is 10.5. The van der Waals surface area contributed by atoms with E-state index in [-0.39, 0.29) is 6.42 Å². The highest BCUT2D eigenvalue weighted by Gasteiger charge is 2.37. The molecule has 3 nitrogen and oxygen atoms in total. The minimum atomic E-state index is -1.13. The maximum atomic E-state index is 10.5. The number of esters is 1. The lowest BCUT2D eigenvalue weighted by molar-refractivity contribution is -0.155. The maximum Gasteiger partial charge on any atom is 0.308 e. The zero-order chi connectivity index (χ0) is 7.72. The van der Waals surface area contributed by atoms with Gasteiger partial charge < -0.3 is 9.84 Å². The van der Waals surface area contributed by atoms with Gasteiger partial charge in [0.2, 0.25) is 6.29 Å². The first-order valence-electron chi connectivity index (χ1n) is 2.77. The summed E-state index contributed by atoms with van der Waals surface area (Å²) in [6.45, 7) is 0. The number of carbonyl (C=O) groups excluding carboxylic acids is 1. The molecule has 58 valence electrons. The van der Waals surface area contributed by atoms with Crippen LogP contribution < -0.4 is 0 Å². The van der Waals surface area contributed by atoms with Crippen LogP contribution in [0.15, 0.2) is 0 Å². The molecule has 10 heavy (non-hydrogen) atoms. The predicted octanol–water partition coefficient (Wildman–Crippen LogP) is 0.672. The Balaban J connectivity index is 2.54. The predicted molar refractivity (Wildman–Crippen MR) is 35.7 cm³/mol. The van der Waals surface area contributed by atoms with Gasteiger partial charge >= 0.3 is 5.97 Å². The first-order chi connectivity index (χ1) is 4.61. The highest BCUT2D eigenvalue weighted by Crippen LogP contribution is 2.28. The van der Waals surface area contributed by atoms with Gasteiger partial charge in [0.25, 0.3) is 0 Å². The lowest BCUT2D eigenvalue weighted by Crippen LogP contribution is -2.20. The number of cyclic esters (lactones) is 1. The molecule has 2 unspecified atom stereocenters. The zero-order valence-electron chi connectivity index (χ0n) is 4.96. The third-order valence-corrected chi connectivity index (χ3v) is 1.99. The van der Waals surface area contributed by atoms with E-state index in [1.807, 2.05) is 0 Å². The summed E-state index contributed by atoms with van der Waals surface area (Å²) in [6, 6.07) is 0. The molecule has 0 aromatic heterocycles. The minimum Gasteiger partial charge on any atom is -0.436 e. The van der Waals surface area contributed by atoms with Crippen LogP contribution >= 0.6 is 23.2 Å². The van der Waals surface area contributed by atoms with Gasteiger partial charge in [0.1, 0.15) is 4.84 Å². The first-order valence-corrected chi connectivity index (χ1v) is 3.64. The smallest absolute Gasteiger partial charge is 0.308 e. The van der Waals surface area contributed by atoms with Gasteiger partial charge in [-0.25, -0.2) is 0 Å². The van der Waals surface area contributed by atoms with E-state index in [0.29, 0.717) is 0 Å². The Bertz CT molecular complexity index is 148. The summed E-state index contributed by atoms with van der Waals surface area (Å²) in [7, 11) is 0. The second-order valence-electron chi connectivity index (χ2n) is 2.08. The Labute approximate surface area is 67.9 Å². The molecular formula is C5H6Cl2O3. The molecular weight excluding hydrogens is 179 g/mol. The van der Waals surface area contributed by atoms with E-state index < -0.39 is 23.0 Å². The van der Waals surface area contributed by atoms with Crippen LogP contribution in [-0.4, -0.2) is 22.2 Å². The van der Waals surface area contributed by atoms with Gasteiger partial charge in [0.05, 0.1) is 12.3 Å². The van der Waals surface area contributed by atoms with Crippen LogP contribution in [0.2, 0.25) is 0 Å². The summed E-state index contributed by atoms with van der Waals surface area (Å²) in [5.41, 5.74) is 0. The molecule has 1 rings (SSSR count). The summed E-state index contributed by atoms with van der Waals surface area (Å²) in [5, 5.41) is 8.92. The van der Waals surface area contributed by atoms with Gasteiger partial charge in [-0.15, -0.1) is 23.2 Å². The normalized spacial score (nSPS) is 33.0. The van der Waals surface area contributed by atoms with Crippen LogP contribution in [0.4, 0.5) is 0 Å². The molecule has 0 amide bonds. The van der Waals surface area contributed by atoms with Crippen molar-refractivity contribution < 1.29 is 14.6 Å². The fourth-order valence-corrected chi connectivity index (χ4v) is 1.20. The Morgan fingerprint density at radius 3 is 2.50 bits per heavy atom. The van der Waals surface area contributed by atoms with Gasteiger partial charge in [0, 0.05) is 0 Å². The standard InChI is InChI=1S/C5H6Cl2O3/c6-4(7)2-1-3(8)10-5(2)9/h2,4-5,9H,1H2. The Kier molecular flexibility index (Phi) is 2.39. The van der Waals surface area contributed by atoms with Crippen LogP contribution in [0, 0.1) is 5.92 Å². The topological polar surface area (TPSA) is 46.5 Å². The number of hydrogen-bond donors (Lipinski definition) is 1. The highest BCUT2D eigenvalue weighted by atomic mass is 35.5. The average Bonchev–Trinajstić information content (AvgIpc) is 2.10. The van der Waals surface area contributed by atoms with E-state index in [4.69, 9.17) is 28.3 Å². The van der Waals surface area contributed by atoms with Crippen molar-refractivity contribution in [1.29, 1.82) is 0 Å². The molecule has 1 saturated heterocycles. The van der Waals surface area contributed by atoms with Crippen LogP contribution in [-0.2, 0) is 9.53 Å². The van der Waals surface area contributed by atoms with E-state index in [1.54, 1.807) is 0 Å². The van der Waals surface area contributed by atoms with Gasteiger partial charge in [-0.2, -0.15) is 0 Å². The average molecular weight is 185 g/mol. The van der Waals surface area contributed by atoms with Crippen LogP contribution in [0.3, 0.4) is 0 Å². The largest absolute Gasteiger partial charge is 0.436 e. The second kappa shape index (κ2) is 2.95. The number of rotatable bonds is 1. The van der Waals surface area contributed by atoms with Crippen molar-refractivity contribution in [2.45, 2.75) is 17.5 Å². The van der Waals surface area contributed by atoms with Crippen LogP contribution in [0.5, 0.6) is 0 Å². The molecule has 1 heterocycles. The molecule has 0 aromatic rings. The summed E-state index contributed by atoms with van der Waals surface area (Å²) in [4.78, 5) is 9.72. The molecule has 5 heteroatoms. The fraction of sp³-hybridized carbons (Fsp3) is 0.800. The Morgan fingerprint density at radius 1 is 1.70 bits per heavy atom. The van der Waals surface area contributed by atoms with Crippen molar-refractivity contribution in [2.24, 2.45) is 5.92 Å². The molecule has 1 N–H and O–H groups in total. The molecule has 0 radical (unpaired) electrons. The van der Waals surface area contributed by atoms with E-state index in [0.717, 1.165) is 0 Å². The molecule has 1 aliphatic rings. The monoisotopic (exact) mass is 184 g/mol. The lowest BCUT2D eigenvalue weighted by atomic mass is 10.1. The Morgan fingerprint density at radius 2 is 2.30 bits per heavy atom. The van der Waals surface area contributed by atoms with Crippen molar-refractivity contribution in [3.63, 3.8) is 0 Å². The summed E-state index contributed by atoms with van der Waals surface area (Å²) >= 11 is 10.8. The van der Waals surface area contributed by atoms with E-state index in [2.05, 4.69) is 4.74 Å².